The summed E-state index contributed by atoms with van der Waals surface area (Å²) in [4.78, 5) is 11.4. The topological polar surface area (TPSA) is 57.5 Å². The fraction of sp³-hybridized carbons (Fsp3) is 0.533. The summed E-state index contributed by atoms with van der Waals surface area (Å²) >= 11 is 0. The fourth-order valence-corrected chi connectivity index (χ4v) is 3.13. The summed E-state index contributed by atoms with van der Waals surface area (Å²) in [6.45, 7) is 5.68. The van der Waals surface area contributed by atoms with E-state index in [-0.39, 0.29) is 11.5 Å². The van der Waals surface area contributed by atoms with Crippen molar-refractivity contribution in [1.29, 1.82) is 0 Å². The molecule has 0 radical (unpaired) electrons. The number of phenolic OH excluding ortho intramolecular Hbond substituents is 2. The molecule has 0 unspecified atom stereocenters. The third kappa shape index (κ3) is 1.61. The Labute approximate surface area is 107 Å². The van der Waals surface area contributed by atoms with Gasteiger partial charge in [-0.3, -0.25) is 0 Å². The van der Waals surface area contributed by atoms with Crippen LogP contribution >= 0.6 is 0 Å². The molecular weight excluding hydrogens is 228 g/mol. The van der Waals surface area contributed by atoms with Gasteiger partial charge in [-0.1, -0.05) is 20.3 Å². The van der Waals surface area contributed by atoms with Gasteiger partial charge in [0.05, 0.1) is 0 Å². The Morgan fingerprint density at radius 1 is 1.17 bits per heavy atom. The van der Waals surface area contributed by atoms with Crippen molar-refractivity contribution in [2.24, 2.45) is 5.41 Å². The minimum Gasteiger partial charge on any atom is -0.508 e. The zero-order chi connectivity index (χ0) is 13.6. The third-order valence-corrected chi connectivity index (χ3v) is 4.80. The first-order chi connectivity index (χ1) is 8.34. The van der Waals surface area contributed by atoms with Crippen LogP contribution in [0.5, 0.6) is 11.5 Å². The smallest absolute Gasteiger partial charge is 0.126 e. The van der Waals surface area contributed by atoms with Gasteiger partial charge in [-0.2, -0.15) is 0 Å². The van der Waals surface area contributed by atoms with Crippen LogP contribution in [0.3, 0.4) is 0 Å². The van der Waals surface area contributed by atoms with Crippen molar-refractivity contribution in [1.82, 2.24) is 0 Å². The Morgan fingerprint density at radius 2 is 1.83 bits per heavy atom. The van der Waals surface area contributed by atoms with Gasteiger partial charge in [-0.15, -0.1) is 0 Å². The summed E-state index contributed by atoms with van der Waals surface area (Å²) in [5, 5.41) is 20.0. The number of carbonyl (C=O) groups is 1. The second-order valence-electron chi connectivity index (χ2n) is 5.88. The van der Waals surface area contributed by atoms with Crippen molar-refractivity contribution >= 4 is 6.29 Å². The number of hydrogen-bond acceptors (Lipinski definition) is 3. The van der Waals surface area contributed by atoms with Crippen molar-refractivity contribution in [3.8, 4) is 11.5 Å². The summed E-state index contributed by atoms with van der Waals surface area (Å²) in [5.74, 6) is 0.340. The Bertz CT molecular complexity index is 495. The van der Waals surface area contributed by atoms with E-state index in [0.717, 1.165) is 25.5 Å². The SMILES string of the molecule is Cc1cc(O)c([C@]2(C)CCC[C@]2(C)C=O)cc1O. The lowest BCUT2D eigenvalue weighted by atomic mass is 9.64. The van der Waals surface area contributed by atoms with Gasteiger partial charge in [-0.25, -0.2) is 0 Å². The van der Waals surface area contributed by atoms with Crippen molar-refractivity contribution < 1.29 is 15.0 Å². The molecule has 0 aliphatic heterocycles. The molecule has 2 atom stereocenters. The highest BCUT2D eigenvalue weighted by Crippen LogP contribution is 2.55. The van der Waals surface area contributed by atoms with E-state index in [0.29, 0.717) is 11.1 Å². The predicted octanol–water partition coefficient (Wildman–Crippen LogP) is 3.05. The zero-order valence-corrected chi connectivity index (χ0v) is 11.2. The average Bonchev–Trinajstić information content (AvgIpc) is 2.62. The van der Waals surface area contributed by atoms with Crippen molar-refractivity contribution in [3.05, 3.63) is 23.3 Å². The number of hydrogen-bond donors (Lipinski definition) is 2. The van der Waals surface area contributed by atoms with E-state index in [1.165, 1.54) is 0 Å². The Kier molecular flexibility index (Phi) is 2.88. The number of carbonyl (C=O) groups excluding carboxylic acids is 1. The highest BCUT2D eigenvalue weighted by atomic mass is 16.3. The number of aromatic hydroxyl groups is 2. The normalized spacial score (nSPS) is 31.5. The molecule has 0 heterocycles. The maximum absolute atomic E-state index is 11.4. The van der Waals surface area contributed by atoms with Crippen LogP contribution in [-0.4, -0.2) is 16.5 Å². The summed E-state index contributed by atoms with van der Waals surface area (Å²) in [7, 11) is 0. The first kappa shape index (κ1) is 12.9. The second kappa shape index (κ2) is 4.01. The molecule has 2 rings (SSSR count). The van der Waals surface area contributed by atoms with Gasteiger partial charge in [0.25, 0.3) is 0 Å². The Balaban J connectivity index is 2.61. The van der Waals surface area contributed by atoms with E-state index in [4.69, 9.17) is 0 Å². The quantitative estimate of drug-likeness (QED) is 0.624. The molecule has 0 spiro atoms. The molecule has 1 aliphatic rings. The van der Waals surface area contributed by atoms with Gasteiger partial charge in [0.1, 0.15) is 17.8 Å². The lowest BCUT2D eigenvalue weighted by Gasteiger charge is -2.38. The van der Waals surface area contributed by atoms with Gasteiger partial charge < -0.3 is 15.0 Å². The van der Waals surface area contributed by atoms with Crippen LogP contribution in [0.2, 0.25) is 0 Å². The summed E-state index contributed by atoms with van der Waals surface area (Å²) in [5.41, 5.74) is 0.430. The average molecular weight is 248 g/mol. The molecule has 0 aromatic heterocycles. The Hall–Kier alpha value is -1.51. The molecule has 3 nitrogen and oxygen atoms in total. The monoisotopic (exact) mass is 248 g/mol. The molecule has 0 amide bonds. The highest BCUT2D eigenvalue weighted by Gasteiger charge is 2.50. The molecule has 1 aliphatic carbocycles. The molecule has 98 valence electrons. The number of aryl methyl sites for hydroxylation is 1. The largest absolute Gasteiger partial charge is 0.508 e. The van der Waals surface area contributed by atoms with Crippen LogP contribution in [0.1, 0.15) is 44.2 Å². The number of phenols is 2. The van der Waals surface area contributed by atoms with Crippen molar-refractivity contribution in [2.45, 2.75) is 45.4 Å². The number of rotatable bonds is 2. The molecule has 2 N–H and O–H groups in total. The van der Waals surface area contributed by atoms with Crippen LogP contribution in [0, 0.1) is 12.3 Å². The molecule has 1 aromatic carbocycles. The van der Waals surface area contributed by atoms with Gasteiger partial charge in [0.15, 0.2) is 0 Å². The van der Waals surface area contributed by atoms with Crippen LogP contribution in [0.25, 0.3) is 0 Å². The van der Waals surface area contributed by atoms with E-state index in [2.05, 4.69) is 0 Å². The highest BCUT2D eigenvalue weighted by molar-refractivity contribution is 5.65. The zero-order valence-electron chi connectivity index (χ0n) is 11.2. The van der Waals surface area contributed by atoms with Crippen LogP contribution < -0.4 is 0 Å². The number of aldehydes is 1. The number of benzene rings is 1. The van der Waals surface area contributed by atoms with E-state index >= 15 is 0 Å². The first-order valence-electron chi connectivity index (χ1n) is 6.33. The fourth-order valence-electron chi connectivity index (χ4n) is 3.13. The van der Waals surface area contributed by atoms with E-state index in [1.54, 1.807) is 19.1 Å². The lowest BCUT2D eigenvalue weighted by Crippen LogP contribution is -2.37. The lowest BCUT2D eigenvalue weighted by molar-refractivity contribution is -0.117. The summed E-state index contributed by atoms with van der Waals surface area (Å²) < 4.78 is 0. The molecule has 1 aromatic rings. The maximum Gasteiger partial charge on any atom is 0.126 e. The standard InChI is InChI=1S/C15H20O3/c1-10-7-13(18)11(8-12(10)17)15(3)6-4-5-14(15,2)9-16/h7-9,17-18H,4-6H2,1-3H3/t14-,15+/m1/s1. The van der Waals surface area contributed by atoms with Gasteiger partial charge >= 0.3 is 0 Å². The second-order valence-corrected chi connectivity index (χ2v) is 5.88. The van der Waals surface area contributed by atoms with Crippen LogP contribution in [0.4, 0.5) is 0 Å². The van der Waals surface area contributed by atoms with Crippen molar-refractivity contribution in [3.63, 3.8) is 0 Å². The molecule has 1 saturated carbocycles. The minimum absolute atomic E-state index is 0.169. The molecule has 1 fully saturated rings. The van der Waals surface area contributed by atoms with Crippen LogP contribution in [0.15, 0.2) is 12.1 Å². The van der Waals surface area contributed by atoms with E-state index in [9.17, 15) is 15.0 Å². The Morgan fingerprint density at radius 3 is 2.44 bits per heavy atom. The minimum atomic E-state index is -0.480. The maximum atomic E-state index is 11.4. The van der Waals surface area contributed by atoms with E-state index in [1.807, 2.05) is 13.8 Å². The van der Waals surface area contributed by atoms with Crippen LogP contribution in [-0.2, 0) is 10.2 Å². The molecule has 0 saturated heterocycles. The molecular formula is C15H20O3. The molecule has 0 bridgehead atoms. The predicted molar refractivity (Wildman–Crippen MR) is 69.9 cm³/mol. The van der Waals surface area contributed by atoms with E-state index < -0.39 is 10.8 Å². The molecule has 3 heteroatoms. The van der Waals surface area contributed by atoms with Crippen molar-refractivity contribution in [2.75, 3.05) is 0 Å². The van der Waals surface area contributed by atoms with Gasteiger partial charge in [0.2, 0.25) is 0 Å². The summed E-state index contributed by atoms with van der Waals surface area (Å²) in [6, 6.07) is 3.18. The van der Waals surface area contributed by atoms with Gasteiger partial charge in [-0.05, 0) is 37.5 Å². The summed E-state index contributed by atoms with van der Waals surface area (Å²) in [6.07, 6.45) is 3.62. The first-order valence-corrected chi connectivity index (χ1v) is 6.33. The van der Waals surface area contributed by atoms with Gasteiger partial charge in [0, 0.05) is 16.4 Å². The third-order valence-electron chi connectivity index (χ3n) is 4.80. The molecule has 18 heavy (non-hydrogen) atoms.